The molecule has 6 rings (SSSR count). The number of carbonyl (C=O) groups is 1. The molecule has 1 amide bonds. The number of nitrogens with zero attached hydrogens (tertiary/aromatic N) is 3. The number of hydrogen-bond acceptors (Lipinski definition) is 7. The maximum absolute atomic E-state index is 12.9. The summed E-state index contributed by atoms with van der Waals surface area (Å²) in [5.74, 6) is 2.14. The van der Waals surface area contributed by atoms with Gasteiger partial charge >= 0.3 is 0 Å². The van der Waals surface area contributed by atoms with Crippen molar-refractivity contribution in [2.75, 3.05) is 31.0 Å². The Morgan fingerprint density at radius 2 is 1.85 bits per heavy atom. The zero-order chi connectivity index (χ0) is 27.3. The standard InChI is InChI=1S/C32H33N5O3/c1-39-14-15-40-27-12-13-29-28(18-27)31(34-26-11-10-23-19-33-20-24(23)17-26)37-30(36-29)22-8-5-9-25(16-22)35-32(38)21-6-3-2-4-7-21/h5,8-13,16-18,20-21H,2-4,6-7,14-15,19H2,1H3,(H,35,38)(H,34,36,37). The van der Waals surface area contributed by atoms with Crippen molar-refractivity contribution < 1.29 is 14.3 Å². The molecule has 2 heterocycles. The van der Waals surface area contributed by atoms with Gasteiger partial charge in [0.2, 0.25) is 5.91 Å². The van der Waals surface area contributed by atoms with E-state index in [0.29, 0.717) is 31.4 Å². The molecule has 0 atom stereocenters. The van der Waals surface area contributed by atoms with Crippen molar-refractivity contribution in [1.82, 2.24) is 9.97 Å². The molecule has 0 radical (unpaired) electrons. The van der Waals surface area contributed by atoms with E-state index in [9.17, 15) is 4.79 Å². The second kappa shape index (κ2) is 11.8. The number of anilines is 3. The van der Waals surface area contributed by atoms with Gasteiger partial charge in [-0.3, -0.25) is 9.79 Å². The SMILES string of the molecule is COCCOc1ccc2nc(-c3cccc(NC(=O)C4CCCCC4)c3)nc(Nc3ccc4c(c3)C=NC4)c2c1. The Balaban J connectivity index is 1.34. The number of carbonyl (C=O) groups excluding carboxylic acids is 1. The third kappa shape index (κ3) is 5.82. The Bertz CT molecular complexity index is 1560. The number of rotatable bonds is 9. The van der Waals surface area contributed by atoms with Gasteiger partial charge in [0, 0.05) is 41.6 Å². The van der Waals surface area contributed by atoms with Crippen molar-refractivity contribution in [3.8, 4) is 17.1 Å². The van der Waals surface area contributed by atoms with Crippen LogP contribution < -0.4 is 15.4 Å². The van der Waals surface area contributed by atoms with Crippen molar-refractivity contribution in [2.45, 2.75) is 38.6 Å². The lowest BCUT2D eigenvalue weighted by atomic mass is 9.88. The van der Waals surface area contributed by atoms with Gasteiger partial charge in [-0.2, -0.15) is 0 Å². The van der Waals surface area contributed by atoms with Crippen LogP contribution >= 0.6 is 0 Å². The van der Waals surface area contributed by atoms with Gasteiger partial charge in [0.05, 0.1) is 18.7 Å². The Morgan fingerprint density at radius 1 is 0.950 bits per heavy atom. The van der Waals surface area contributed by atoms with Crippen molar-refractivity contribution in [2.24, 2.45) is 10.9 Å². The molecule has 1 saturated carbocycles. The molecule has 0 spiro atoms. The molecule has 4 aromatic rings. The van der Waals surface area contributed by atoms with Crippen molar-refractivity contribution in [3.05, 3.63) is 71.8 Å². The first-order chi connectivity index (χ1) is 19.7. The van der Waals surface area contributed by atoms with Gasteiger partial charge in [0.25, 0.3) is 0 Å². The molecule has 204 valence electrons. The van der Waals surface area contributed by atoms with Crippen LogP contribution in [-0.4, -0.2) is 42.4 Å². The molecule has 8 heteroatoms. The van der Waals surface area contributed by atoms with Gasteiger partial charge in [-0.05, 0) is 66.4 Å². The highest BCUT2D eigenvalue weighted by Crippen LogP contribution is 2.32. The highest BCUT2D eigenvalue weighted by Gasteiger charge is 2.21. The molecule has 2 N–H and O–H groups in total. The van der Waals surface area contributed by atoms with Crippen molar-refractivity contribution >= 4 is 40.2 Å². The normalized spacial score (nSPS) is 14.7. The first kappa shape index (κ1) is 26.0. The van der Waals surface area contributed by atoms with Gasteiger partial charge in [-0.1, -0.05) is 37.5 Å². The van der Waals surface area contributed by atoms with E-state index < -0.39 is 0 Å². The summed E-state index contributed by atoms with van der Waals surface area (Å²) in [6, 6.07) is 19.8. The summed E-state index contributed by atoms with van der Waals surface area (Å²) in [7, 11) is 1.65. The molecular weight excluding hydrogens is 502 g/mol. The molecule has 1 aliphatic carbocycles. The van der Waals surface area contributed by atoms with E-state index in [1.807, 2.05) is 54.7 Å². The van der Waals surface area contributed by atoms with Crippen LogP contribution in [0.5, 0.6) is 5.75 Å². The zero-order valence-electron chi connectivity index (χ0n) is 22.7. The van der Waals surface area contributed by atoms with Crippen molar-refractivity contribution in [3.63, 3.8) is 0 Å². The lowest BCUT2D eigenvalue weighted by Gasteiger charge is -2.20. The minimum atomic E-state index is 0.0859. The number of methoxy groups -OCH3 is 1. The zero-order valence-corrected chi connectivity index (χ0v) is 22.7. The molecule has 2 aliphatic rings. The number of nitrogens with one attached hydrogen (secondary N) is 2. The summed E-state index contributed by atoms with van der Waals surface area (Å²) in [6.45, 7) is 1.67. The van der Waals surface area contributed by atoms with Gasteiger partial charge in [-0.15, -0.1) is 0 Å². The van der Waals surface area contributed by atoms with Gasteiger partial charge in [0.1, 0.15) is 18.2 Å². The Labute approximate surface area is 233 Å². The van der Waals surface area contributed by atoms with Gasteiger partial charge in [-0.25, -0.2) is 9.97 Å². The number of fused-ring (bicyclic) bond motifs is 2. The van der Waals surface area contributed by atoms with Gasteiger partial charge in [0.15, 0.2) is 5.82 Å². The lowest BCUT2D eigenvalue weighted by Crippen LogP contribution is -2.24. The smallest absolute Gasteiger partial charge is 0.227 e. The molecular formula is C32H33N5O3. The minimum Gasteiger partial charge on any atom is -0.491 e. The molecule has 1 aliphatic heterocycles. The fourth-order valence-corrected chi connectivity index (χ4v) is 5.33. The highest BCUT2D eigenvalue weighted by atomic mass is 16.5. The summed E-state index contributed by atoms with van der Waals surface area (Å²) in [5, 5.41) is 7.47. The van der Waals surface area contributed by atoms with Crippen LogP contribution in [0.1, 0.15) is 43.2 Å². The second-order valence-electron chi connectivity index (χ2n) is 10.3. The predicted octanol–water partition coefficient (Wildman–Crippen LogP) is 6.52. The summed E-state index contributed by atoms with van der Waals surface area (Å²) in [6.07, 6.45) is 7.28. The van der Waals surface area contributed by atoms with Crippen LogP contribution in [0.25, 0.3) is 22.3 Å². The first-order valence-corrected chi connectivity index (χ1v) is 13.9. The second-order valence-corrected chi connectivity index (χ2v) is 10.3. The van der Waals surface area contributed by atoms with Crippen LogP contribution in [0.3, 0.4) is 0 Å². The van der Waals surface area contributed by atoms with Crippen LogP contribution in [0.4, 0.5) is 17.2 Å². The summed E-state index contributed by atoms with van der Waals surface area (Å²) in [4.78, 5) is 27.1. The number of aliphatic imine (C=N–C) groups is 1. The average Bonchev–Trinajstić information content (AvgIpc) is 3.46. The van der Waals surface area contributed by atoms with Crippen LogP contribution in [0.2, 0.25) is 0 Å². The van der Waals surface area contributed by atoms with Gasteiger partial charge < -0.3 is 20.1 Å². The molecule has 1 fully saturated rings. The average molecular weight is 536 g/mol. The first-order valence-electron chi connectivity index (χ1n) is 13.9. The number of aromatic nitrogens is 2. The van der Waals surface area contributed by atoms with E-state index >= 15 is 0 Å². The Morgan fingerprint density at radius 3 is 2.73 bits per heavy atom. The molecule has 40 heavy (non-hydrogen) atoms. The topological polar surface area (TPSA) is 97.7 Å². The van der Waals surface area contributed by atoms with E-state index in [0.717, 1.165) is 64.8 Å². The number of benzene rings is 3. The fourth-order valence-electron chi connectivity index (χ4n) is 5.33. The molecule has 3 aromatic carbocycles. The monoisotopic (exact) mass is 535 g/mol. The Hall–Kier alpha value is -4.30. The van der Waals surface area contributed by atoms with E-state index in [1.54, 1.807) is 7.11 Å². The van der Waals surface area contributed by atoms with E-state index in [2.05, 4.69) is 27.8 Å². The fraction of sp³-hybridized carbons (Fsp3) is 0.312. The molecule has 1 aromatic heterocycles. The predicted molar refractivity (Wildman–Crippen MR) is 159 cm³/mol. The lowest BCUT2D eigenvalue weighted by molar-refractivity contribution is -0.120. The number of ether oxygens (including phenoxy) is 2. The Kier molecular flexibility index (Phi) is 7.68. The van der Waals surface area contributed by atoms with Crippen LogP contribution in [0, 0.1) is 5.92 Å². The van der Waals surface area contributed by atoms with Crippen molar-refractivity contribution in [1.29, 1.82) is 0 Å². The summed E-state index contributed by atoms with van der Waals surface area (Å²) in [5.41, 5.74) is 5.59. The quantitative estimate of drug-likeness (QED) is 0.237. The van der Waals surface area contributed by atoms with E-state index in [4.69, 9.17) is 19.4 Å². The maximum Gasteiger partial charge on any atom is 0.227 e. The minimum absolute atomic E-state index is 0.0859. The third-order valence-corrected chi connectivity index (χ3v) is 7.49. The van der Waals surface area contributed by atoms with E-state index in [-0.39, 0.29) is 11.8 Å². The molecule has 0 saturated heterocycles. The molecule has 0 bridgehead atoms. The van der Waals surface area contributed by atoms with Crippen LogP contribution in [-0.2, 0) is 16.1 Å². The van der Waals surface area contributed by atoms with Crippen LogP contribution in [0.15, 0.2) is 65.7 Å². The largest absolute Gasteiger partial charge is 0.491 e. The highest BCUT2D eigenvalue weighted by molar-refractivity contribution is 5.95. The number of hydrogen-bond donors (Lipinski definition) is 2. The number of amides is 1. The third-order valence-electron chi connectivity index (χ3n) is 7.49. The molecule has 8 nitrogen and oxygen atoms in total. The summed E-state index contributed by atoms with van der Waals surface area (Å²) >= 11 is 0. The summed E-state index contributed by atoms with van der Waals surface area (Å²) < 4.78 is 11.0. The maximum atomic E-state index is 12.9. The van der Waals surface area contributed by atoms with E-state index in [1.165, 1.54) is 12.0 Å². The molecule has 0 unspecified atom stereocenters.